The van der Waals surface area contributed by atoms with Crippen molar-refractivity contribution in [3.8, 4) is 0 Å². The van der Waals surface area contributed by atoms with Crippen molar-refractivity contribution in [3.63, 3.8) is 0 Å². The van der Waals surface area contributed by atoms with Gasteiger partial charge in [-0.15, -0.1) is 11.3 Å². The van der Waals surface area contributed by atoms with Crippen LogP contribution in [0.4, 0.5) is 13.2 Å². The van der Waals surface area contributed by atoms with Crippen LogP contribution < -0.4 is 10.9 Å². The monoisotopic (exact) mass is 296 g/mol. The smallest absolute Gasteiger partial charge is 0.320 e. The van der Waals surface area contributed by atoms with Gasteiger partial charge in [-0.2, -0.15) is 13.2 Å². The van der Waals surface area contributed by atoms with E-state index in [-0.39, 0.29) is 6.04 Å². The zero-order chi connectivity index (χ0) is 14.2. The maximum atomic E-state index is 12.5. The van der Waals surface area contributed by atoms with Gasteiger partial charge in [-0.1, -0.05) is 18.2 Å². The SMILES string of the molecule is FC(F)(F)c1ccc(C2=CC(c3cccs3)NN2)cc1. The highest BCUT2D eigenvalue weighted by atomic mass is 32.1. The molecule has 20 heavy (non-hydrogen) atoms. The molecule has 3 rings (SSSR count). The number of hydrogen-bond acceptors (Lipinski definition) is 3. The Bertz CT molecular complexity index is 615. The first-order chi connectivity index (χ1) is 9.54. The lowest BCUT2D eigenvalue weighted by molar-refractivity contribution is -0.137. The first-order valence-corrected chi connectivity index (χ1v) is 6.86. The van der Waals surface area contributed by atoms with E-state index in [9.17, 15) is 13.2 Å². The quantitative estimate of drug-likeness (QED) is 0.876. The van der Waals surface area contributed by atoms with Gasteiger partial charge in [0, 0.05) is 4.88 Å². The van der Waals surface area contributed by atoms with Crippen molar-refractivity contribution in [1.82, 2.24) is 10.9 Å². The van der Waals surface area contributed by atoms with Crippen LogP contribution in [0.25, 0.3) is 5.70 Å². The Labute approximate surface area is 117 Å². The summed E-state index contributed by atoms with van der Waals surface area (Å²) in [4.78, 5) is 1.15. The summed E-state index contributed by atoms with van der Waals surface area (Å²) in [5.74, 6) is 0. The molecule has 104 valence electrons. The molecule has 2 heterocycles. The summed E-state index contributed by atoms with van der Waals surface area (Å²) in [6.45, 7) is 0. The van der Waals surface area contributed by atoms with E-state index in [1.165, 1.54) is 12.1 Å². The molecular formula is C14H11F3N2S. The molecule has 1 aliphatic rings. The number of halogens is 3. The molecule has 0 radical (unpaired) electrons. The van der Waals surface area contributed by atoms with Crippen molar-refractivity contribution in [2.24, 2.45) is 0 Å². The number of nitrogens with one attached hydrogen (secondary N) is 2. The topological polar surface area (TPSA) is 24.1 Å². The predicted octanol–water partition coefficient (Wildman–Crippen LogP) is 3.96. The third kappa shape index (κ3) is 2.57. The third-order valence-corrected chi connectivity index (χ3v) is 4.02. The molecule has 0 saturated heterocycles. The number of hydrazine groups is 1. The van der Waals surface area contributed by atoms with E-state index in [2.05, 4.69) is 10.9 Å². The van der Waals surface area contributed by atoms with Crippen molar-refractivity contribution >= 4 is 17.0 Å². The van der Waals surface area contributed by atoms with Gasteiger partial charge in [0.25, 0.3) is 0 Å². The molecule has 1 aromatic carbocycles. The molecule has 2 nitrogen and oxygen atoms in total. The molecule has 1 atom stereocenters. The minimum Gasteiger partial charge on any atom is -0.320 e. The molecule has 1 unspecified atom stereocenters. The minimum absolute atomic E-state index is 0.0484. The Morgan fingerprint density at radius 2 is 1.80 bits per heavy atom. The highest BCUT2D eigenvalue weighted by Gasteiger charge is 2.30. The molecule has 0 fully saturated rings. The lowest BCUT2D eigenvalue weighted by atomic mass is 10.1. The van der Waals surface area contributed by atoms with Crippen LogP contribution in [0.2, 0.25) is 0 Å². The molecule has 0 bridgehead atoms. The van der Waals surface area contributed by atoms with Crippen LogP contribution in [0.3, 0.4) is 0 Å². The third-order valence-electron chi connectivity index (χ3n) is 3.07. The molecule has 0 spiro atoms. The van der Waals surface area contributed by atoms with Crippen molar-refractivity contribution in [2.75, 3.05) is 0 Å². The van der Waals surface area contributed by atoms with Crippen molar-refractivity contribution in [3.05, 3.63) is 63.9 Å². The van der Waals surface area contributed by atoms with Crippen LogP contribution in [0.5, 0.6) is 0 Å². The molecule has 2 aromatic rings. The first kappa shape index (κ1) is 13.2. The minimum atomic E-state index is -4.30. The molecule has 1 aliphatic heterocycles. The maximum absolute atomic E-state index is 12.5. The van der Waals surface area contributed by atoms with Crippen LogP contribution in [0.1, 0.15) is 22.0 Å². The second-order valence-corrected chi connectivity index (χ2v) is 5.40. The summed E-state index contributed by atoms with van der Waals surface area (Å²) < 4.78 is 37.5. The molecule has 0 aliphatic carbocycles. The highest BCUT2D eigenvalue weighted by molar-refractivity contribution is 7.10. The number of alkyl halides is 3. The van der Waals surface area contributed by atoms with Crippen molar-refractivity contribution in [2.45, 2.75) is 12.2 Å². The Morgan fingerprint density at radius 3 is 2.40 bits per heavy atom. The van der Waals surface area contributed by atoms with E-state index < -0.39 is 11.7 Å². The number of rotatable bonds is 2. The number of thiophene rings is 1. The van der Waals surface area contributed by atoms with E-state index in [1.807, 2.05) is 23.6 Å². The van der Waals surface area contributed by atoms with Gasteiger partial charge >= 0.3 is 6.18 Å². The van der Waals surface area contributed by atoms with Gasteiger partial charge in [-0.05, 0) is 35.2 Å². The fourth-order valence-electron chi connectivity index (χ4n) is 2.03. The standard InChI is InChI=1S/C14H11F3N2S/c15-14(16,17)10-5-3-9(4-6-10)11-8-12(19-18-11)13-2-1-7-20-13/h1-8,12,18-19H. The zero-order valence-corrected chi connectivity index (χ0v) is 11.1. The second kappa shape index (κ2) is 4.96. The van der Waals surface area contributed by atoms with E-state index in [1.54, 1.807) is 11.3 Å². The Kier molecular flexibility index (Phi) is 3.27. The van der Waals surface area contributed by atoms with Crippen LogP contribution in [0, 0.1) is 0 Å². The highest BCUT2D eigenvalue weighted by Crippen LogP contribution is 2.31. The predicted molar refractivity (Wildman–Crippen MR) is 72.8 cm³/mol. The molecule has 6 heteroatoms. The first-order valence-electron chi connectivity index (χ1n) is 5.98. The fourth-order valence-corrected chi connectivity index (χ4v) is 2.78. The van der Waals surface area contributed by atoms with Gasteiger partial charge in [-0.3, -0.25) is 0 Å². The largest absolute Gasteiger partial charge is 0.416 e. The van der Waals surface area contributed by atoms with E-state index in [4.69, 9.17) is 0 Å². The lowest BCUT2D eigenvalue weighted by Gasteiger charge is -2.08. The van der Waals surface area contributed by atoms with Gasteiger partial charge in [0.05, 0.1) is 17.3 Å². The lowest BCUT2D eigenvalue weighted by Crippen LogP contribution is -2.25. The zero-order valence-electron chi connectivity index (χ0n) is 10.2. The summed E-state index contributed by atoms with van der Waals surface area (Å²) in [6, 6.07) is 9.15. The van der Waals surface area contributed by atoms with Gasteiger partial charge < -0.3 is 5.43 Å². The maximum Gasteiger partial charge on any atom is 0.416 e. The van der Waals surface area contributed by atoms with E-state index in [0.717, 1.165) is 28.3 Å². The fraction of sp³-hybridized carbons (Fsp3) is 0.143. The van der Waals surface area contributed by atoms with Crippen LogP contribution in [-0.4, -0.2) is 0 Å². The molecular weight excluding hydrogens is 285 g/mol. The Morgan fingerprint density at radius 1 is 1.05 bits per heavy atom. The van der Waals surface area contributed by atoms with Crippen molar-refractivity contribution < 1.29 is 13.2 Å². The van der Waals surface area contributed by atoms with Crippen LogP contribution >= 0.6 is 11.3 Å². The number of benzene rings is 1. The van der Waals surface area contributed by atoms with Gasteiger partial charge in [0.2, 0.25) is 0 Å². The normalized spacial score (nSPS) is 18.8. The molecule has 0 amide bonds. The molecule has 2 N–H and O–H groups in total. The van der Waals surface area contributed by atoms with E-state index in [0.29, 0.717) is 0 Å². The average molecular weight is 296 g/mol. The van der Waals surface area contributed by atoms with Gasteiger partial charge in [0.1, 0.15) is 0 Å². The van der Waals surface area contributed by atoms with Gasteiger partial charge in [-0.25, -0.2) is 5.43 Å². The summed E-state index contributed by atoms with van der Waals surface area (Å²) in [5.41, 5.74) is 6.98. The molecule has 0 saturated carbocycles. The summed E-state index contributed by atoms with van der Waals surface area (Å²) in [5, 5.41) is 1.99. The second-order valence-electron chi connectivity index (χ2n) is 4.42. The Hall–Kier alpha value is -1.79. The van der Waals surface area contributed by atoms with Crippen LogP contribution in [-0.2, 0) is 6.18 Å². The summed E-state index contributed by atoms with van der Waals surface area (Å²) in [6.07, 6.45) is -2.33. The van der Waals surface area contributed by atoms with E-state index >= 15 is 0 Å². The summed E-state index contributed by atoms with van der Waals surface area (Å²) >= 11 is 1.63. The Balaban J connectivity index is 1.82. The van der Waals surface area contributed by atoms with Gasteiger partial charge in [0.15, 0.2) is 0 Å². The number of hydrogen-bond donors (Lipinski definition) is 2. The molecule has 1 aromatic heterocycles. The summed E-state index contributed by atoms with van der Waals surface area (Å²) in [7, 11) is 0. The van der Waals surface area contributed by atoms with Crippen LogP contribution in [0.15, 0.2) is 47.9 Å². The average Bonchev–Trinajstić information content (AvgIpc) is 3.09. The van der Waals surface area contributed by atoms with Crippen molar-refractivity contribution in [1.29, 1.82) is 0 Å².